The summed E-state index contributed by atoms with van der Waals surface area (Å²) in [6.07, 6.45) is 0. The molecule has 9 heteroatoms. The molecule has 0 spiro atoms. The molecule has 0 bridgehead atoms. The van der Waals surface area contributed by atoms with Gasteiger partial charge in [-0.1, -0.05) is 0 Å². The molecule has 0 atom stereocenters. The third-order valence-corrected chi connectivity index (χ3v) is 2.79. The minimum absolute atomic E-state index is 0.504. The first-order valence-electron chi connectivity index (χ1n) is 3.55. The van der Waals surface area contributed by atoms with Gasteiger partial charge in [-0.05, 0) is 6.07 Å². The number of nitrogens with two attached hydrogens (primary N) is 1. The van der Waals surface area contributed by atoms with Gasteiger partial charge < -0.3 is 0 Å². The van der Waals surface area contributed by atoms with Gasteiger partial charge >= 0.3 is 0 Å². The number of nitrogens with zero attached hydrogens (tertiary/aromatic N) is 1. The number of sulfonamides is 1. The van der Waals surface area contributed by atoms with Crippen LogP contribution in [0.3, 0.4) is 0 Å². The highest BCUT2D eigenvalue weighted by Gasteiger charge is 2.20. The lowest BCUT2D eigenvalue weighted by molar-refractivity contribution is -0.385. The van der Waals surface area contributed by atoms with Gasteiger partial charge in [-0.25, -0.2) is 12.8 Å². The van der Waals surface area contributed by atoms with Gasteiger partial charge in [0, 0.05) is 6.07 Å². The molecule has 0 radical (unpaired) electrons. The van der Waals surface area contributed by atoms with Crippen LogP contribution in [0.15, 0.2) is 23.1 Å². The number of hydrogen-bond acceptors (Lipinski definition) is 5. The average Bonchev–Trinajstić information content (AvgIpc) is 2.17. The number of halogens is 1. The highest BCUT2D eigenvalue weighted by atomic mass is 32.2. The summed E-state index contributed by atoms with van der Waals surface area (Å²) in [7, 11) is -4.14. The van der Waals surface area contributed by atoms with Crippen molar-refractivity contribution < 1.29 is 17.7 Å². The van der Waals surface area contributed by atoms with Crippen molar-refractivity contribution in [1.82, 2.24) is 4.83 Å². The Morgan fingerprint density at radius 3 is 2.47 bits per heavy atom. The van der Waals surface area contributed by atoms with Crippen LogP contribution in [0.5, 0.6) is 0 Å². The lowest BCUT2D eigenvalue weighted by Gasteiger charge is -2.02. The third kappa shape index (κ3) is 2.26. The van der Waals surface area contributed by atoms with Crippen LogP contribution >= 0.6 is 0 Å². The standard InChI is InChI=1S/C6H6FN3O4S/c7-5-3-4(10(11)12)1-2-6(5)15(13,14)9-8/h1-3,9H,8H2. The number of rotatable bonds is 3. The highest BCUT2D eigenvalue weighted by Crippen LogP contribution is 2.19. The van der Waals surface area contributed by atoms with E-state index < -0.39 is 31.3 Å². The number of nitro groups is 1. The zero-order valence-electron chi connectivity index (χ0n) is 7.18. The molecule has 0 saturated heterocycles. The molecule has 1 rings (SSSR count). The lowest BCUT2D eigenvalue weighted by Crippen LogP contribution is -2.30. The molecule has 1 aromatic carbocycles. The van der Waals surface area contributed by atoms with E-state index in [1.807, 2.05) is 0 Å². The number of hydrazine groups is 1. The SMILES string of the molecule is NNS(=O)(=O)c1ccc([N+](=O)[O-])cc1F. The summed E-state index contributed by atoms with van der Waals surface area (Å²) in [4.78, 5) is 10.1. The van der Waals surface area contributed by atoms with E-state index in [-0.39, 0.29) is 0 Å². The molecule has 0 amide bonds. The molecule has 1 aromatic rings. The zero-order chi connectivity index (χ0) is 11.6. The molecule has 3 N–H and O–H groups in total. The summed E-state index contributed by atoms with van der Waals surface area (Å²) >= 11 is 0. The molecule has 82 valence electrons. The van der Waals surface area contributed by atoms with Crippen molar-refractivity contribution in [3.05, 3.63) is 34.1 Å². The summed E-state index contributed by atoms with van der Waals surface area (Å²) in [5.74, 6) is 3.43. The fraction of sp³-hybridized carbons (Fsp3) is 0. The van der Waals surface area contributed by atoms with E-state index in [1.165, 1.54) is 4.83 Å². The number of non-ortho nitro benzene ring substituents is 1. The van der Waals surface area contributed by atoms with Gasteiger partial charge in [0.15, 0.2) is 0 Å². The van der Waals surface area contributed by atoms with Crippen molar-refractivity contribution in [2.75, 3.05) is 0 Å². The molecule has 0 heterocycles. The van der Waals surface area contributed by atoms with Crippen LogP contribution in [0, 0.1) is 15.9 Å². The van der Waals surface area contributed by atoms with Crippen molar-refractivity contribution in [2.24, 2.45) is 5.84 Å². The Kier molecular flexibility index (Phi) is 2.98. The smallest absolute Gasteiger partial charge is 0.258 e. The summed E-state index contributed by atoms with van der Waals surface area (Å²) < 4.78 is 35.2. The lowest BCUT2D eigenvalue weighted by atomic mass is 10.3. The maximum atomic E-state index is 13.1. The number of hydrogen-bond donors (Lipinski definition) is 2. The summed E-state index contributed by atoms with van der Waals surface area (Å²) in [6, 6.07) is 2.14. The average molecular weight is 235 g/mol. The van der Waals surface area contributed by atoms with E-state index in [1.54, 1.807) is 0 Å². The van der Waals surface area contributed by atoms with Crippen molar-refractivity contribution in [3.63, 3.8) is 0 Å². The maximum absolute atomic E-state index is 13.1. The van der Waals surface area contributed by atoms with Gasteiger partial charge in [-0.15, -0.1) is 4.83 Å². The Bertz CT molecular complexity index is 501. The van der Waals surface area contributed by atoms with Crippen LogP contribution in [-0.2, 0) is 10.0 Å². The summed E-state index contributed by atoms with van der Waals surface area (Å²) in [5.41, 5.74) is -0.538. The van der Waals surface area contributed by atoms with Gasteiger partial charge in [0.05, 0.1) is 11.0 Å². The first kappa shape index (κ1) is 11.5. The van der Waals surface area contributed by atoms with Crippen LogP contribution in [0.4, 0.5) is 10.1 Å². The Labute approximate surface area is 83.9 Å². The minimum atomic E-state index is -4.14. The number of benzene rings is 1. The number of nitro benzene ring substituents is 1. The van der Waals surface area contributed by atoms with E-state index in [4.69, 9.17) is 0 Å². The van der Waals surface area contributed by atoms with Crippen molar-refractivity contribution in [3.8, 4) is 0 Å². The maximum Gasteiger partial charge on any atom is 0.272 e. The van der Waals surface area contributed by atoms with Crippen LogP contribution in [0.25, 0.3) is 0 Å². The minimum Gasteiger partial charge on any atom is -0.258 e. The van der Waals surface area contributed by atoms with Gasteiger partial charge in [0.2, 0.25) is 0 Å². The fourth-order valence-corrected chi connectivity index (χ4v) is 1.57. The number of nitrogens with one attached hydrogen (secondary N) is 1. The topological polar surface area (TPSA) is 115 Å². The van der Waals surface area contributed by atoms with Crippen LogP contribution in [0.2, 0.25) is 0 Å². The molecular weight excluding hydrogens is 229 g/mol. The van der Waals surface area contributed by atoms with Gasteiger partial charge in [-0.3, -0.25) is 16.0 Å². The molecule has 15 heavy (non-hydrogen) atoms. The molecule has 0 aliphatic rings. The predicted octanol–water partition coefficient (Wildman–Crippen LogP) is -0.114. The molecule has 0 aliphatic heterocycles. The molecule has 0 unspecified atom stereocenters. The molecule has 0 fully saturated rings. The van der Waals surface area contributed by atoms with Crippen molar-refractivity contribution >= 4 is 15.7 Å². The normalized spacial score (nSPS) is 11.3. The van der Waals surface area contributed by atoms with Gasteiger partial charge in [-0.2, -0.15) is 0 Å². The second-order valence-electron chi connectivity index (χ2n) is 2.49. The third-order valence-electron chi connectivity index (χ3n) is 1.57. The van der Waals surface area contributed by atoms with E-state index in [9.17, 15) is 22.9 Å². The molecule has 7 nitrogen and oxygen atoms in total. The van der Waals surface area contributed by atoms with Crippen LogP contribution in [0.1, 0.15) is 0 Å². The second-order valence-corrected chi connectivity index (χ2v) is 4.18. The first-order chi connectivity index (χ1) is 6.88. The molecular formula is C6H6FN3O4S. The molecule has 0 aromatic heterocycles. The van der Waals surface area contributed by atoms with E-state index in [2.05, 4.69) is 5.84 Å². The largest absolute Gasteiger partial charge is 0.272 e. The van der Waals surface area contributed by atoms with E-state index in [0.29, 0.717) is 6.07 Å². The van der Waals surface area contributed by atoms with Gasteiger partial charge in [0.1, 0.15) is 10.7 Å². The fourth-order valence-electron chi connectivity index (χ4n) is 0.885. The Morgan fingerprint density at radius 2 is 2.07 bits per heavy atom. The highest BCUT2D eigenvalue weighted by molar-refractivity contribution is 7.89. The van der Waals surface area contributed by atoms with E-state index >= 15 is 0 Å². The van der Waals surface area contributed by atoms with E-state index in [0.717, 1.165) is 12.1 Å². The zero-order valence-corrected chi connectivity index (χ0v) is 7.99. The first-order valence-corrected chi connectivity index (χ1v) is 5.03. The second kappa shape index (κ2) is 3.88. The van der Waals surface area contributed by atoms with Crippen molar-refractivity contribution in [2.45, 2.75) is 4.90 Å². The van der Waals surface area contributed by atoms with Gasteiger partial charge in [0.25, 0.3) is 15.7 Å². The molecule has 0 saturated carbocycles. The molecule has 0 aliphatic carbocycles. The quantitative estimate of drug-likeness (QED) is 0.430. The monoisotopic (exact) mass is 235 g/mol. The summed E-state index contributed by atoms with van der Waals surface area (Å²) in [6.45, 7) is 0. The van der Waals surface area contributed by atoms with Crippen LogP contribution in [-0.4, -0.2) is 13.3 Å². The van der Waals surface area contributed by atoms with Crippen LogP contribution < -0.4 is 10.7 Å². The Morgan fingerprint density at radius 1 is 1.47 bits per heavy atom. The Hall–Kier alpha value is -1.58. The summed E-state index contributed by atoms with van der Waals surface area (Å²) in [5, 5.41) is 10.2. The van der Waals surface area contributed by atoms with Crippen molar-refractivity contribution in [1.29, 1.82) is 0 Å². The Balaban J connectivity index is 3.32. The predicted molar refractivity (Wildman–Crippen MR) is 47.6 cm³/mol.